The minimum Gasteiger partial charge on any atom is -0.493 e. The molecule has 2 bridgehead atoms. The summed E-state index contributed by atoms with van der Waals surface area (Å²) in [7, 11) is 0. The maximum absolute atomic E-state index is 10.8. The van der Waals surface area contributed by atoms with E-state index >= 15 is 0 Å². The number of ether oxygens (including phenoxy) is 1. The van der Waals surface area contributed by atoms with Gasteiger partial charge in [0, 0.05) is 0 Å². The number of aryl methyl sites for hydroxylation is 1. The third kappa shape index (κ3) is 1.49. The molecule has 5 unspecified atom stereocenters. The first-order valence-electron chi connectivity index (χ1n) is 8.26. The predicted molar refractivity (Wildman–Crippen MR) is 76.5 cm³/mol. The summed E-state index contributed by atoms with van der Waals surface area (Å²) in [6.07, 6.45) is 6.27. The highest BCUT2D eigenvalue weighted by atomic mass is 16.5. The highest BCUT2D eigenvalue weighted by Crippen LogP contribution is 2.72. The van der Waals surface area contributed by atoms with E-state index in [-0.39, 0.29) is 6.10 Å². The second-order valence-corrected chi connectivity index (χ2v) is 7.33. The molecule has 0 saturated heterocycles. The fraction of sp³-hybridized carbons (Fsp3) is 0.667. The second-order valence-electron chi connectivity index (χ2n) is 7.33. The molecular weight excluding hydrogens is 248 g/mol. The first-order chi connectivity index (χ1) is 9.83. The first-order valence-corrected chi connectivity index (χ1v) is 8.26. The van der Waals surface area contributed by atoms with Crippen molar-refractivity contribution >= 4 is 0 Å². The Morgan fingerprint density at radius 1 is 1.15 bits per heavy atom. The molecule has 5 rings (SSSR count). The van der Waals surface area contributed by atoms with Gasteiger partial charge in [-0.2, -0.15) is 0 Å². The molecule has 3 fully saturated rings. The number of aliphatic hydroxyl groups excluding tert-OH is 1. The van der Waals surface area contributed by atoms with E-state index in [1.807, 2.05) is 0 Å². The Bertz CT molecular complexity index is 536. The fourth-order valence-corrected chi connectivity index (χ4v) is 5.60. The van der Waals surface area contributed by atoms with Crippen LogP contribution in [-0.4, -0.2) is 11.7 Å². The van der Waals surface area contributed by atoms with E-state index in [9.17, 15) is 5.11 Å². The zero-order chi connectivity index (χ0) is 13.3. The lowest BCUT2D eigenvalue weighted by Gasteiger charge is -2.20. The van der Waals surface area contributed by atoms with Crippen LogP contribution in [0.15, 0.2) is 18.2 Å². The molecule has 20 heavy (non-hydrogen) atoms. The standard InChI is InChI=1S/C18H22O2/c19-18(17-15-11-3-4-12(9-11)16(15)17)13-5-6-14-10(8-13)2-1-7-20-14/h5-6,8,11-12,15-19H,1-4,7,9H2. The van der Waals surface area contributed by atoms with Crippen LogP contribution in [0.4, 0.5) is 0 Å². The lowest BCUT2D eigenvalue weighted by atomic mass is 9.93. The van der Waals surface area contributed by atoms with Gasteiger partial charge in [-0.1, -0.05) is 6.07 Å². The molecule has 3 aliphatic carbocycles. The summed E-state index contributed by atoms with van der Waals surface area (Å²) in [4.78, 5) is 0. The lowest BCUT2D eigenvalue weighted by molar-refractivity contribution is 0.129. The molecule has 106 valence electrons. The average Bonchev–Trinajstić information content (AvgIpc) is 2.93. The monoisotopic (exact) mass is 270 g/mol. The number of hydrogen-bond donors (Lipinski definition) is 1. The Morgan fingerprint density at radius 3 is 2.75 bits per heavy atom. The molecule has 0 spiro atoms. The molecule has 5 atom stereocenters. The van der Waals surface area contributed by atoms with E-state index in [2.05, 4.69) is 18.2 Å². The normalized spacial score (nSPS) is 41.8. The van der Waals surface area contributed by atoms with Crippen molar-refractivity contribution in [3.05, 3.63) is 29.3 Å². The lowest BCUT2D eigenvalue weighted by Crippen LogP contribution is -2.11. The zero-order valence-corrected chi connectivity index (χ0v) is 11.8. The van der Waals surface area contributed by atoms with Gasteiger partial charge in [0.05, 0.1) is 12.7 Å². The predicted octanol–water partition coefficient (Wildman–Crippen LogP) is 3.34. The van der Waals surface area contributed by atoms with Crippen LogP contribution < -0.4 is 4.74 Å². The van der Waals surface area contributed by atoms with Gasteiger partial charge in [0.15, 0.2) is 0 Å². The molecule has 2 heteroatoms. The average molecular weight is 270 g/mol. The zero-order valence-electron chi connectivity index (χ0n) is 11.8. The number of aliphatic hydroxyl groups is 1. The maximum atomic E-state index is 10.8. The van der Waals surface area contributed by atoms with E-state index < -0.39 is 0 Å². The third-order valence-electron chi connectivity index (χ3n) is 6.43. The minimum absolute atomic E-state index is 0.236. The van der Waals surface area contributed by atoms with E-state index in [1.165, 1.54) is 24.8 Å². The summed E-state index contributed by atoms with van der Waals surface area (Å²) in [5, 5.41) is 10.8. The van der Waals surface area contributed by atoms with Crippen molar-refractivity contribution in [3.63, 3.8) is 0 Å². The Hall–Kier alpha value is -1.02. The summed E-state index contributed by atoms with van der Waals surface area (Å²) in [6, 6.07) is 6.36. The fourth-order valence-electron chi connectivity index (χ4n) is 5.60. The van der Waals surface area contributed by atoms with Crippen molar-refractivity contribution in [2.24, 2.45) is 29.6 Å². The smallest absolute Gasteiger partial charge is 0.122 e. The van der Waals surface area contributed by atoms with Crippen molar-refractivity contribution in [3.8, 4) is 5.75 Å². The van der Waals surface area contributed by atoms with Crippen molar-refractivity contribution < 1.29 is 9.84 Å². The van der Waals surface area contributed by atoms with Crippen LogP contribution in [0.3, 0.4) is 0 Å². The summed E-state index contributed by atoms with van der Waals surface area (Å²) in [5.74, 6) is 5.15. The molecule has 1 aromatic rings. The molecule has 1 aliphatic heterocycles. The molecule has 2 nitrogen and oxygen atoms in total. The van der Waals surface area contributed by atoms with Gasteiger partial charge in [-0.3, -0.25) is 0 Å². The minimum atomic E-state index is -0.236. The van der Waals surface area contributed by atoms with E-state index in [0.717, 1.165) is 54.4 Å². The quantitative estimate of drug-likeness (QED) is 0.893. The first kappa shape index (κ1) is 11.6. The van der Waals surface area contributed by atoms with Crippen molar-refractivity contribution in [1.82, 2.24) is 0 Å². The Balaban J connectivity index is 1.41. The van der Waals surface area contributed by atoms with Crippen LogP contribution >= 0.6 is 0 Å². The van der Waals surface area contributed by atoms with Gasteiger partial charge in [-0.25, -0.2) is 0 Å². The van der Waals surface area contributed by atoms with Gasteiger partial charge in [0.1, 0.15) is 5.75 Å². The van der Waals surface area contributed by atoms with E-state index in [1.54, 1.807) is 0 Å². The largest absolute Gasteiger partial charge is 0.493 e. The van der Waals surface area contributed by atoms with Crippen LogP contribution in [0.5, 0.6) is 5.75 Å². The molecule has 1 N–H and O–H groups in total. The van der Waals surface area contributed by atoms with Crippen LogP contribution in [0.25, 0.3) is 0 Å². The van der Waals surface area contributed by atoms with E-state index in [0.29, 0.717) is 5.92 Å². The van der Waals surface area contributed by atoms with Gasteiger partial charge in [0.2, 0.25) is 0 Å². The second kappa shape index (κ2) is 4.00. The Kier molecular flexibility index (Phi) is 2.33. The van der Waals surface area contributed by atoms with Crippen LogP contribution in [-0.2, 0) is 6.42 Å². The third-order valence-corrected chi connectivity index (χ3v) is 6.43. The number of fused-ring (bicyclic) bond motifs is 6. The van der Waals surface area contributed by atoms with Gasteiger partial charge >= 0.3 is 0 Å². The number of hydrogen-bond acceptors (Lipinski definition) is 2. The van der Waals surface area contributed by atoms with Gasteiger partial charge in [-0.15, -0.1) is 0 Å². The van der Waals surface area contributed by atoms with Crippen molar-refractivity contribution in [2.75, 3.05) is 6.61 Å². The number of benzene rings is 1. The van der Waals surface area contributed by atoms with Gasteiger partial charge in [-0.05, 0) is 85.0 Å². The summed E-state index contributed by atoms with van der Waals surface area (Å²) in [5.41, 5.74) is 2.43. The topological polar surface area (TPSA) is 29.5 Å². The number of rotatable bonds is 2. The van der Waals surface area contributed by atoms with Crippen molar-refractivity contribution in [2.45, 2.75) is 38.2 Å². The molecule has 4 aliphatic rings. The van der Waals surface area contributed by atoms with E-state index in [4.69, 9.17) is 4.74 Å². The van der Waals surface area contributed by atoms with Gasteiger partial charge in [0.25, 0.3) is 0 Å². The SMILES string of the molecule is OC(c1ccc2c(c1)CCCO2)C1C2C3CCC(C3)C21. The molecule has 0 amide bonds. The molecule has 3 saturated carbocycles. The highest BCUT2D eigenvalue weighted by Gasteiger charge is 2.66. The summed E-state index contributed by atoms with van der Waals surface area (Å²) < 4.78 is 5.67. The Labute approximate surface area is 120 Å². The van der Waals surface area contributed by atoms with Crippen LogP contribution in [0, 0.1) is 29.6 Å². The molecular formula is C18H22O2. The highest BCUT2D eigenvalue weighted by molar-refractivity contribution is 5.40. The Morgan fingerprint density at radius 2 is 1.95 bits per heavy atom. The molecule has 0 radical (unpaired) electrons. The maximum Gasteiger partial charge on any atom is 0.122 e. The summed E-state index contributed by atoms with van der Waals surface area (Å²) in [6.45, 7) is 0.838. The molecule has 1 aromatic carbocycles. The van der Waals surface area contributed by atoms with Crippen LogP contribution in [0.1, 0.15) is 42.9 Å². The summed E-state index contributed by atoms with van der Waals surface area (Å²) >= 11 is 0. The van der Waals surface area contributed by atoms with Crippen LogP contribution in [0.2, 0.25) is 0 Å². The van der Waals surface area contributed by atoms with Crippen molar-refractivity contribution in [1.29, 1.82) is 0 Å². The molecule has 1 heterocycles. The van der Waals surface area contributed by atoms with Gasteiger partial charge < -0.3 is 9.84 Å². The molecule has 0 aromatic heterocycles.